The summed E-state index contributed by atoms with van der Waals surface area (Å²) in [5, 5.41) is 3.50. The number of para-hydroxylation sites is 1. The summed E-state index contributed by atoms with van der Waals surface area (Å²) in [7, 11) is 0. The maximum Gasteiger partial charge on any atom is 0.338 e. The number of aromatic nitrogens is 1. The molecule has 0 atom stereocenters. The minimum absolute atomic E-state index is 0.121. The molecular weight excluding hydrogens is 344 g/mol. The molecule has 0 radical (unpaired) electrons. The summed E-state index contributed by atoms with van der Waals surface area (Å²) in [4.78, 5) is 28.8. The number of fused-ring (bicyclic) bond motifs is 1. The van der Waals surface area contributed by atoms with Crippen molar-refractivity contribution in [2.45, 2.75) is 13.8 Å². The first kappa shape index (κ1) is 18.4. The lowest BCUT2D eigenvalue weighted by molar-refractivity contribution is -0.118. The first-order chi connectivity index (χ1) is 13.1. The Bertz CT molecular complexity index is 971. The number of nitrogens with zero attached hydrogens (tertiary/aromatic N) is 1. The maximum atomic E-state index is 12.3. The topological polar surface area (TPSA) is 77.5 Å². The third-order valence-corrected chi connectivity index (χ3v) is 3.84. The highest BCUT2D eigenvalue weighted by Crippen LogP contribution is 2.25. The summed E-state index contributed by atoms with van der Waals surface area (Å²) in [5.41, 5.74) is 2.42. The fourth-order valence-electron chi connectivity index (χ4n) is 2.65. The molecular formula is C21H20N2O4. The number of ether oxygens (including phenoxy) is 2. The van der Waals surface area contributed by atoms with E-state index in [4.69, 9.17) is 9.47 Å². The van der Waals surface area contributed by atoms with Gasteiger partial charge in [-0.25, -0.2) is 4.79 Å². The number of benzene rings is 2. The predicted molar refractivity (Wildman–Crippen MR) is 103 cm³/mol. The van der Waals surface area contributed by atoms with Crippen molar-refractivity contribution < 1.29 is 19.1 Å². The first-order valence-electron chi connectivity index (χ1n) is 8.63. The van der Waals surface area contributed by atoms with Gasteiger partial charge in [0.05, 0.1) is 23.4 Å². The van der Waals surface area contributed by atoms with Crippen LogP contribution < -0.4 is 10.1 Å². The SMILES string of the molecule is CCOC(=O)c1ccc2nc(C)cc(NC(=O)COc3ccccc3)c2c1. The van der Waals surface area contributed by atoms with Gasteiger partial charge in [-0.2, -0.15) is 0 Å². The van der Waals surface area contributed by atoms with Crippen LogP contribution in [0.1, 0.15) is 23.0 Å². The molecule has 0 bridgehead atoms. The highest BCUT2D eigenvalue weighted by Gasteiger charge is 2.13. The number of esters is 1. The van der Waals surface area contributed by atoms with Crippen LogP contribution >= 0.6 is 0 Å². The summed E-state index contributed by atoms with van der Waals surface area (Å²) in [5.74, 6) is -0.0926. The highest BCUT2D eigenvalue weighted by atomic mass is 16.5. The van der Waals surface area contributed by atoms with Crippen molar-refractivity contribution in [2.24, 2.45) is 0 Å². The van der Waals surface area contributed by atoms with E-state index in [2.05, 4.69) is 10.3 Å². The van der Waals surface area contributed by atoms with Gasteiger partial charge in [0.25, 0.3) is 5.91 Å². The van der Waals surface area contributed by atoms with E-state index in [-0.39, 0.29) is 12.5 Å². The van der Waals surface area contributed by atoms with Crippen LogP contribution in [0.4, 0.5) is 5.69 Å². The van der Waals surface area contributed by atoms with Crippen LogP contribution in [-0.4, -0.2) is 30.1 Å². The molecule has 6 heteroatoms. The second-order valence-electron chi connectivity index (χ2n) is 5.91. The number of aryl methyl sites for hydroxylation is 1. The Balaban J connectivity index is 1.82. The van der Waals surface area contributed by atoms with Crippen molar-refractivity contribution in [3.63, 3.8) is 0 Å². The van der Waals surface area contributed by atoms with Gasteiger partial charge in [-0.15, -0.1) is 0 Å². The Labute approximate surface area is 157 Å². The van der Waals surface area contributed by atoms with Gasteiger partial charge < -0.3 is 14.8 Å². The van der Waals surface area contributed by atoms with Gasteiger partial charge in [-0.3, -0.25) is 9.78 Å². The fourth-order valence-corrected chi connectivity index (χ4v) is 2.65. The van der Waals surface area contributed by atoms with Crippen LogP contribution in [0.3, 0.4) is 0 Å². The van der Waals surface area contributed by atoms with Crippen LogP contribution in [0.2, 0.25) is 0 Å². The zero-order valence-electron chi connectivity index (χ0n) is 15.2. The Morgan fingerprint density at radius 2 is 1.85 bits per heavy atom. The molecule has 1 heterocycles. The van der Waals surface area contributed by atoms with Crippen molar-refractivity contribution in [1.82, 2.24) is 4.98 Å². The molecule has 2 aromatic carbocycles. The standard InChI is InChI=1S/C21H20N2O4/c1-3-26-21(25)15-9-10-18-17(12-15)19(11-14(2)22-18)23-20(24)13-27-16-7-5-4-6-8-16/h4-12H,3,13H2,1-2H3,(H,22,23,24). The average Bonchev–Trinajstić information content (AvgIpc) is 2.67. The summed E-state index contributed by atoms with van der Waals surface area (Å²) in [6, 6.07) is 16.0. The quantitative estimate of drug-likeness (QED) is 0.674. The molecule has 0 unspecified atom stereocenters. The largest absolute Gasteiger partial charge is 0.484 e. The molecule has 6 nitrogen and oxygen atoms in total. The monoisotopic (exact) mass is 364 g/mol. The number of hydrogen-bond donors (Lipinski definition) is 1. The minimum atomic E-state index is -0.412. The first-order valence-corrected chi connectivity index (χ1v) is 8.63. The molecule has 0 aliphatic carbocycles. The van der Waals surface area contributed by atoms with Gasteiger partial charge in [0.1, 0.15) is 5.75 Å². The van der Waals surface area contributed by atoms with E-state index in [0.29, 0.717) is 34.5 Å². The fraction of sp³-hybridized carbons (Fsp3) is 0.190. The van der Waals surface area contributed by atoms with Gasteiger partial charge >= 0.3 is 5.97 Å². The summed E-state index contributed by atoms with van der Waals surface area (Å²) in [6.07, 6.45) is 0. The Morgan fingerprint density at radius 1 is 1.07 bits per heavy atom. The minimum Gasteiger partial charge on any atom is -0.484 e. The molecule has 1 amide bonds. The zero-order chi connectivity index (χ0) is 19.2. The Hall–Kier alpha value is -3.41. The molecule has 1 N–H and O–H groups in total. The Kier molecular flexibility index (Phi) is 5.66. The average molecular weight is 364 g/mol. The molecule has 27 heavy (non-hydrogen) atoms. The molecule has 3 rings (SSSR count). The molecule has 0 spiro atoms. The normalized spacial score (nSPS) is 10.4. The number of pyridine rings is 1. The van der Waals surface area contributed by atoms with E-state index in [9.17, 15) is 9.59 Å². The van der Waals surface area contributed by atoms with Crippen LogP contribution in [0.5, 0.6) is 5.75 Å². The predicted octanol–water partition coefficient (Wildman–Crippen LogP) is 3.74. The summed E-state index contributed by atoms with van der Waals surface area (Å²) >= 11 is 0. The molecule has 0 saturated carbocycles. The molecule has 0 fully saturated rings. The molecule has 138 valence electrons. The third kappa shape index (κ3) is 4.61. The number of anilines is 1. The second-order valence-corrected chi connectivity index (χ2v) is 5.91. The zero-order valence-corrected chi connectivity index (χ0v) is 15.2. The molecule has 1 aromatic heterocycles. The van der Waals surface area contributed by atoms with E-state index in [1.54, 1.807) is 43.3 Å². The maximum absolute atomic E-state index is 12.3. The van der Waals surface area contributed by atoms with Crippen molar-refractivity contribution in [3.8, 4) is 5.75 Å². The smallest absolute Gasteiger partial charge is 0.338 e. The number of rotatable bonds is 6. The van der Waals surface area contributed by atoms with E-state index < -0.39 is 5.97 Å². The van der Waals surface area contributed by atoms with E-state index >= 15 is 0 Å². The van der Waals surface area contributed by atoms with Crippen molar-refractivity contribution in [2.75, 3.05) is 18.5 Å². The molecule has 0 aliphatic rings. The number of hydrogen-bond acceptors (Lipinski definition) is 5. The van der Waals surface area contributed by atoms with Crippen LogP contribution in [0.25, 0.3) is 10.9 Å². The number of nitrogens with one attached hydrogen (secondary N) is 1. The molecule has 3 aromatic rings. The van der Waals surface area contributed by atoms with Crippen molar-refractivity contribution in [3.05, 3.63) is 65.9 Å². The van der Waals surface area contributed by atoms with Crippen molar-refractivity contribution >= 4 is 28.5 Å². The van der Waals surface area contributed by atoms with Crippen molar-refractivity contribution in [1.29, 1.82) is 0 Å². The lowest BCUT2D eigenvalue weighted by atomic mass is 10.1. The van der Waals surface area contributed by atoms with E-state index in [0.717, 1.165) is 5.69 Å². The van der Waals surface area contributed by atoms with Gasteiger partial charge in [0.15, 0.2) is 6.61 Å². The number of carbonyl (C=O) groups excluding carboxylic acids is 2. The lowest BCUT2D eigenvalue weighted by Gasteiger charge is -2.12. The summed E-state index contributed by atoms with van der Waals surface area (Å²) < 4.78 is 10.5. The Morgan fingerprint density at radius 3 is 2.59 bits per heavy atom. The van der Waals surface area contributed by atoms with Crippen LogP contribution in [-0.2, 0) is 9.53 Å². The number of amides is 1. The third-order valence-electron chi connectivity index (χ3n) is 3.84. The van der Waals surface area contributed by atoms with Crippen LogP contribution in [0, 0.1) is 6.92 Å². The second kappa shape index (κ2) is 8.31. The lowest BCUT2D eigenvalue weighted by Crippen LogP contribution is -2.20. The van der Waals surface area contributed by atoms with E-state index in [1.807, 2.05) is 25.1 Å². The van der Waals surface area contributed by atoms with Gasteiger partial charge in [0, 0.05) is 11.1 Å². The van der Waals surface area contributed by atoms with Gasteiger partial charge in [-0.05, 0) is 50.2 Å². The van der Waals surface area contributed by atoms with Gasteiger partial charge in [0.2, 0.25) is 0 Å². The van der Waals surface area contributed by atoms with Crippen LogP contribution in [0.15, 0.2) is 54.6 Å². The molecule has 0 saturated heterocycles. The van der Waals surface area contributed by atoms with Gasteiger partial charge in [-0.1, -0.05) is 18.2 Å². The molecule has 0 aliphatic heterocycles. The number of carbonyl (C=O) groups is 2. The summed E-state index contributed by atoms with van der Waals surface area (Å²) in [6.45, 7) is 3.77. The highest BCUT2D eigenvalue weighted by molar-refractivity contribution is 6.04. The van der Waals surface area contributed by atoms with E-state index in [1.165, 1.54) is 0 Å².